The Bertz CT molecular complexity index is 214. The van der Waals surface area contributed by atoms with Gasteiger partial charge in [-0.2, -0.15) is 0 Å². The largest absolute Gasteiger partial charge is 0.0771 e. The molecule has 2 aliphatic carbocycles. The predicted molar refractivity (Wildman–Crippen MR) is 57.5 cm³/mol. The smallest absolute Gasteiger partial charge is 0.00117 e. The summed E-state index contributed by atoms with van der Waals surface area (Å²) in [4.78, 5) is 0. The molecule has 0 saturated heterocycles. The van der Waals surface area contributed by atoms with E-state index in [1.165, 1.54) is 25.7 Å². The minimum atomic E-state index is 0.601. The lowest BCUT2D eigenvalue weighted by Crippen LogP contribution is -2.30. The highest BCUT2D eigenvalue weighted by atomic mass is 14.5. The van der Waals surface area contributed by atoms with Crippen molar-refractivity contribution >= 4 is 0 Å². The Kier molecular flexibility index (Phi) is 2.31. The molecule has 72 valence electrons. The van der Waals surface area contributed by atoms with Gasteiger partial charge in [0.05, 0.1) is 0 Å². The third-order valence-electron chi connectivity index (χ3n) is 4.10. The van der Waals surface area contributed by atoms with Crippen molar-refractivity contribution in [3.05, 3.63) is 24.3 Å². The average molecular weight is 176 g/mol. The van der Waals surface area contributed by atoms with Gasteiger partial charge in [-0.3, -0.25) is 0 Å². The Hall–Kier alpha value is -0.520. The zero-order valence-electron chi connectivity index (χ0n) is 8.79. The van der Waals surface area contributed by atoms with E-state index in [-0.39, 0.29) is 0 Å². The zero-order chi connectivity index (χ0) is 9.31. The fraction of sp³-hybridized carbons (Fsp3) is 0.692. The first-order valence-electron chi connectivity index (χ1n) is 5.61. The van der Waals surface area contributed by atoms with Crippen molar-refractivity contribution in [3.8, 4) is 0 Å². The molecular formula is C13H20. The molecule has 2 rings (SSSR count). The van der Waals surface area contributed by atoms with Crippen LogP contribution in [0.1, 0.15) is 39.5 Å². The van der Waals surface area contributed by atoms with E-state index < -0.39 is 0 Å². The van der Waals surface area contributed by atoms with E-state index >= 15 is 0 Å². The summed E-state index contributed by atoms with van der Waals surface area (Å²) < 4.78 is 0. The highest BCUT2D eigenvalue weighted by Gasteiger charge is 2.41. The van der Waals surface area contributed by atoms with Gasteiger partial charge in [0, 0.05) is 5.92 Å². The Morgan fingerprint density at radius 1 is 1.08 bits per heavy atom. The second-order valence-electron chi connectivity index (χ2n) is 4.89. The molecule has 0 aromatic rings. The van der Waals surface area contributed by atoms with Gasteiger partial charge in [-0.25, -0.2) is 0 Å². The molecule has 13 heavy (non-hydrogen) atoms. The van der Waals surface area contributed by atoms with Crippen LogP contribution in [0.3, 0.4) is 0 Å². The Morgan fingerprint density at radius 3 is 2.08 bits per heavy atom. The SMILES string of the molecule is CC(C)C1(C2C=CC=C2)CCCC1. The molecule has 0 bridgehead atoms. The number of allylic oxidation sites excluding steroid dienone is 4. The van der Waals surface area contributed by atoms with Gasteiger partial charge in [-0.1, -0.05) is 51.0 Å². The van der Waals surface area contributed by atoms with E-state index in [9.17, 15) is 0 Å². The van der Waals surface area contributed by atoms with E-state index in [0.29, 0.717) is 5.41 Å². The molecule has 1 fully saturated rings. The molecule has 0 spiro atoms. The standard InChI is InChI=1S/C13H20/c1-11(2)13(9-5-6-10-13)12-7-3-4-8-12/h3-4,7-8,11-12H,5-6,9-10H2,1-2H3. The molecule has 0 radical (unpaired) electrons. The van der Waals surface area contributed by atoms with Crippen LogP contribution in [0.15, 0.2) is 24.3 Å². The van der Waals surface area contributed by atoms with E-state index in [4.69, 9.17) is 0 Å². The summed E-state index contributed by atoms with van der Waals surface area (Å²) in [5.74, 6) is 1.56. The zero-order valence-corrected chi connectivity index (χ0v) is 8.79. The summed E-state index contributed by atoms with van der Waals surface area (Å²) in [7, 11) is 0. The molecule has 1 saturated carbocycles. The number of hydrogen-bond donors (Lipinski definition) is 0. The summed E-state index contributed by atoms with van der Waals surface area (Å²) in [5, 5.41) is 0. The average Bonchev–Trinajstić information content (AvgIpc) is 2.75. The summed E-state index contributed by atoms with van der Waals surface area (Å²) >= 11 is 0. The van der Waals surface area contributed by atoms with Crippen LogP contribution in [0.2, 0.25) is 0 Å². The lowest BCUT2D eigenvalue weighted by atomic mass is 9.67. The Morgan fingerprint density at radius 2 is 1.62 bits per heavy atom. The van der Waals surface area contributed by atoms with Gasteiger partial charge < -0.3 is 0 Å². The van der Waals surface area contributed by atoms with Crippen LogP contribution in [0, 0.1) is 17.3 Å². The van der Waals surface area contributed by atoms with Crippen LogP contribution in [0.5, 0.6) is 0 Å². The van der Waals surface area contributed by atoms with E-state index in [1.54, 1.807) is 0 Å². The summed E-state index contributed by atoms with van der Waals surface area (Å²) in [6, 6.07) is 0. The Labute approximate surface area is 81.7 Å². The van der Waals surface area contributed by atoms with Gasteiger partial charge in [0.1, 0.15) is 0 Å². The molecule has 0 atom stereocenters. The van der Waals surface area contributed by atoms with E-state index in [0.717, 1.165) is 11.8 Å². The maximum atomic E-state index is 2.39. The minimum Gasteiger partial charge on any atom is -0.0771 e. The molecule has 0 aromatic heterocycles. The molecule has 2 aliphatic rings. The highest BCUT2D eigenvalue weighted by Crippen LogP contribution is 2.51. The molecule has 0 N–H and O–H groups in total. The topological polar surface area (TPSA) is 0 Å². The maximum absolute atomic E-state index is 2.39. The number of hydrogen-bond acceptors (Lipinski definition) is 0. The second-order valence-corrected chi connectivity index (χ2v) is 4.89. The van der Waals surface area contributed by atoms with Crippen molar-refractivity contribution in [2.45, 2.75) is 39.5 Å². The third kappa shape index (κ3) is 1.37. The van der Waals surface area contributed by atoms with Crippen LogP contribution in [-0.4, -0.2) is 0 Å². The fourth-order valence-corrected chi connectivity index (χ4v) is 3.14. The van der Waals surface area contributed by atoms with Crippen molar-refractivity contribution in [2.75, 3.05) is 0 Å². The summed E-state index contributed by atoms with van der Waals surface area (Å²) in [6.45, 7) is 4.79. The van der Waals surface area contributed by atoms with Gasteiger partial charge in [-0.15, -0.1) is 0 Å². The van der Waals surface area contributed by atoms with Gasteiger partial charge >= 0.3 is 0 Å². The van der Waals surface area contributed by atoms with Gasteiger partial charge in [0.25, 0.3) is 0 Å². The minimum absolute atomic E-state index is 0.601. The first kappa shape index (κ1) is 9.05. The molecule has 0 unspecified atom stereocenters. The lowest BCUT2D eigenvalue weighted by Gasteiger charge is -2.37. The van der Waals surface area contributed by atoms with Crippen LogP contribution < -0.4 is 0 Å². The van der Waals surface area contributed by atoms with Gasteiger partial charge in [-0.05, 0) is 24.2 Å². The maximum Gasteiger partial charge on any atom is 0.00117 e. The van der Waals surface area contributed by atoms with Crippen LogP contribution in [0.4, 0.5) is 0 Å². The third-order valence-corrected chi connectivity index (χ3v) is 4.10. The Balaban J connectivity index is 2.22. The van der Waals surface area contributed by atoms with Crippen molar-refractivity contribution in [1.82, 2.24) is 0 Å². The normalized spacial score (nSPS) is 26.4. The molecule has 0 aliphatic heterocycles. The molecular weight excluding hydrogens is 156 g/mol. The van der Waals surface area contributed by atoms with Crippen molar-refractivity contribution < 1.29 is 0 Å². The summed E-state index contributed by atoms with van der Waals surface area (Å²) in [6.07, 6.45) is 15.0. The lowest BCUT2D eigenvalue weighted by molar-refractivity contribution is 0.156. The van der Waals surface area contributed by atoms with Crippen LogP contribution >= 0.6 is 0 Å². The predicted octanol–water partition coefficient (Wildman–Crippen LogP) is 3.95. The molecule has 0 heterocycles. The fourth-order valence-electron chi connectivity index (χ4n) is 3.14. The van der Waals surface area contributed by atoms with Gasteiger partial charge in [0.15, 0.2) is 0 Å². The first-order valence-corrected chi connectivity index (χ1v) is 5.61. The van der Waals surface area contributed by atoms with Gasteiger partial charge in [0.2, 0.25) is 0 Å². The quantitative estimate of drug-likeness (QED) is 0.597. The molecule has 0 aromatic carbocycles. The van der Waals surface area contributed by atoms with E-state index in [1.807, 2.05) is 0 Å². The van der Waals surface area contributed by atoms with Crippen LogP contribution in [-0.2, 0) is 0 Å². The molecule has 0 amide bonds. The number of rotatable bonds is 2. The van der Waals surface area contributed by atoms with Crippen molar-refractivity contribution in [3.63, 3.8) is 0 Å². The first-order chi connectivity index (χ1) is 6.26. The molecule has 0 nitrogen and oxygen atoms in total. The van der Waals surface area contributed by atoms with Crippen LogP contribution in [0.25, 0.3) is 0 Å². The molecule has 0 heteroatoms. The second kappa shape index (κ2) is 3.32. The van der Waals surface area contributed by atoms with Crippen molar-refractivity contribution in [1.29, 1.82) is 0 Å². The monoisotopic (exact) mass is 176 g/mol. The summed E-state index contributed by atoms with van der Waals surface area (Å²) in [5.41, 5.74) is 0.601. The van der Waals surface area contributed by atoms with E-state index in [2.05, 4.69) is 38.2 Å². The van der Waals surface area contributed by atoms with Crippen molar-refractivity contribution in [2.24, 2.45) is 17.3 Å². The highest BCUT2D eigenvalue weighted by molar-refractivity contribution is 5.22.